The minimum atomic E-state index is -0.985. The van der Waals surface area contributed by atoms with Gasteiger partial charge in [0.15, 0.2) is 0 Å². The van der Waals surface area contributed by atoms with Crippen LogP contribution in [0.5, 0.6) is 0 Å². The number of rotatable bonds is 5. The van der Waals surface area contributed by atoms with Gasteiger partial charge in [-0.25, -0.2) is 5.01 Å². The van der Waals surface area contributed by atoms with Crippen molar-refractivity contribution in [3.63, 3.8) is 0 Å². The Balaban J connectivity index is 1.85. The average Bonchev–Trinajstić information content (AvgIpc) is 3.10. The van der Waals surface area contributed by atoms with E-state index in [0.717, 1.165) is 17.1 Å². The van der Waals surface area contributed by atoms with Gasteiger partial charge in [0.05, 0.1) is 42.7 Å². The topological polar surface area (TPSA) is 101 Å². The Kier molecular flexibility index (Phi) is 7.39. The van der Waals surface area contributed by atoms with Gasteiger partial charge >= 0.3 is 0 Å². The summed E-state index contributed by atoms with van der Waals surface area (Å²) in [5.41, 5.74) is -0.645. The van der Waals surface area contributed by atoms with Crippen molar-refractivity contribution in [3.8, 4) is 0 Å². The highest BCUT2D eigenvalue weighted by molar-refractivity contribution is 6.55. The summed E-state index contributed by atoms with van der Waals surface area (Å²) in [4.78, 5) is 50.8. The number of fused-ring (bicyclic) bond motifs is 1. The van der Waals surface area contributed by atoms with Crippen LogP contribution >= 0.6 is 69.6 Å². The van der Waals surface area contributed by atoms with Gasteiger partial charge in [-0.2, -0.15) is 5.01 Å². The molecule has 4 rings (SSSR count). The molecule has 0 aromatic heterocycles. The summed E-state index contributed by atoms with van der Waals surface area (Å²) >= 11 is 36.8. The highest BCUT2D eigenvalue weighted by Crippen LogP contribution is 2.45. The molecule has 3 aromatic carbocycles. The van der Waals surface area contributed by atoms with E-state index in [2.05, 4.69) is 0 Å². The predicted octanol–water partition coefficient (Wildman–Crippen LogP) is 7.37. The third-order valence-electron chi connectivity index (χ3n) is 5.22. The van der Waals surface area contributed by atoms with Crippen molar-refractivity contribution in [2.75, 3.05) is 0 Å². The van der Waals surface area contributed by atoms with Gasteiger partial charge in [-0.3, -0.25) is 24.5 Å². The number of benzene rings is 3. The summed E-state index contributed by atoms with van der Waals surface area (Å²) < 4.78 is 0. The molecule has 1 aliphatic rings. The van der Waals surface area contributed by atoms with E-state index in [9.17, 15) is 24.5 Å². The van der Waals surface area contributed by atoms with Gasteiger partial charge in [0.2, 0.25) is 0 Å². The molecule has 0 N–H and O–H groups in total. The number of nitro benzene ring substituents is 1. The number of nitrogens with zero attached hydrogens (tertiary/aromatic N) is 3. The molecule has 0 spiro atoms. The Morgan fingerprint density at radius 3 is 1.83 bits per heavy atom. The number of amides is 3. The molecule has 1 aliphatic heterocycles. The zero-order valence-corrected chi connectivity index (χ0v) is 21.9. The van der Waals surface area contributed by atoms with Crippen molar-refractivity contribution in [1.82, 2.24) is 10.0 Å². The van der Waals surface area contributed by atoms with Crippen LogP contribution in [0.25, 0.3) is 0 Å². The van der Waals surface area contributed by atoms with Crippen LogP contribution in [-0.4, -0.2) is 32.7 Å². The van der Waals surface area contributed by atoms with Crippen molar-refractivity contribution >= 4 is 93.0 Å². The third-order valence-corrected chi connectivity index (χ3v) is 7.60. The molecular weight excluding hydrogens is 599 g/mol. The van der Waals surface area contributed by atoms with Gasteiger partial charge < -0.3 is 0 Å². The Morgan fingerprint density at radius 1 is 0.833 bits per heavy atom. The summed E-state index contributed by atoms with van der Waals surface area (Å²) in [6.45, 7) is -0.367. The Labute approximate surface area is 232 Å². The standard InChI is InChI=1S/C22H9Cl6N3O5/c23-11-4-1-10(13(24)7-11)8-29(20(32)9-2-5-12(6-3-9)31(35)36)30-21(33)14-15(22(30)34)17(26)19(28)18(27)16(14)25/h1-7H,8H2. The number of carbonyl (C=O) groups is 3. The lowest BCUT2D eigenvalue weighted by atomic mass is 10.1. The zero-order valence-electron chi connectivity index (χ0n) is 17.4. The van der Waals surface area contributed by atoms with E-state index in [1.807, 2.05) is 0 Å². The molecule has 1 heterocycles. The zero-order chi connectivity index (χ0) is 26.5. The van der Waals surface area contributed by atoms with E-state index in [0.29, 0.717) is 15.6 Å². The molecule has 3 aromatic rings. The van der Waals surface area contributed by atoms with Gasteiger partial charge in [-0.05, 0) is 29.8 Å². The molecule has 0 unspecified atom stereocenters. The van der Waals surface area contributed by atoms with Crippen LogP contribution in [0.1, 0.15) is 36.6 Å². The van der Waals surface area contributed by atoms with Crippen molar-refractivity contribution in [2.24, 2.45) is 0 Å². The van der Waals surface area contributed by atoms with Gasteiger partial charge in [0.25, 0.3) is 23.4 Å². The lowest BCUT2D eigenvalue weighted by Gasteiger charge is -2.30. The normalized spacial score (nSPS) is 12.7. The average molecular weight is 608 g/mol. The third kappa shape index (κ3) is 4.49. The van der Waals surface area contributed by atoms with Crippen LogP contribution in [0.3, 0.4) is 0 Å². The molecule has 184 valence electrons. The largest absolute Gasteiger partial charge is 0.282 e. The van der Waals surface area contributed by atoms with Crippen molar-refractivity contribution in [3.05, 3.63) is 105 Å². The first kappa shape index (κ1) is 26.5. The summed E-state index contributed by atoms with van der Waals surface area (Å²) in [7, 11) is 0. The van der Waals surface area contributed by atoms with Gasteiger partial charge in [-0.15, -0.1) is 0 Å². The lowest BCUT2D eigenvalue weighted by molar-refractivity contribution is -0.384. The maximum Gasteiger partial charge on any atom is 0.282 e. The van der Waals surface area contributed by atoms with Crippen LogP contribution in [0.2, 0.25) is 30.1 Å². The summed E-state index contributed by atoms with van der Waals surface area (Å²) in [6, 6.07) is 9.01. The summed E-state index contributed by atoms with van der Waals surface area (Å²) in [5.74, 6) is -2.82. The van der Waals surface area contributed by atoms with Crippen molar-refractivity contribution in [2.45, 2.75) is 6.54 Å². The number of nitro groups is 1. The molecule has 3 amide bonds. The lowest BCUT2D eigenvalue weighted by Crippen LogP contribution is -2.49. The molecule has 0 radical (unpaired) electrons. The van der Waals surface area contributed by atoms with E-state index in [1.54, 1.807) is 0 Å². The molecule has 36 heavy (non-hydrogen) atoms. The van der Waals surface area contributed by atoms with Gasteiger partial charge in [0.1, 0.15) is 0 Å². The molecular formula is C22H9Cl6N3O5. The molecule has 8 nitrogen and oxygen atoms in total. The molecule has 14 heteroatoms. The van der Waals surface area contributed by atoms with E-state index >= 15 is 0 Å². The Bertz CT molecular complexity index is 1430. The molecule has 0 saturated heterocycles. The molecule has 0 fully saturated rings. The van der Waals surface area contributed by atoms with Gasteiger partial charge in [-0.1, -0.05) is 75.7 Å². The number of imide groups is 1. The number of hydrazine groups is 1. The van der Waals surface area contributed by atoms with Crippen molar-refractivity contribution in [1.29, 1.82) is 0 Å². The summed E-state index contributed by atoms with van der Waals surface area (Å²) in [5, 5.41) is 11.7. The molecule has 0 aliphatic carbocycles. The highest BCUT2D eigenvalue weighted by atomic mass is 35.5. The highest BCUT2D eigenvalue weighted by Gasteiger charge is 2.46. The van der Waals surface area contributed by atoms with Crippen LogP contribution < -0.4 is 0 Å². The first-order chi connectivity index (χ1) is 16.9. The van der Waals surface area contributed by atoms with Crippen LogP contribution in [-0.2, 0) is 6.54 Å². The van der Waals surface area contributed by atoms with Crippen LogP contribution in [0, 0.1) is 10.1 Å². The second kappa shape index (κ2) is 10.0. The number of hydrogen-bond acceptors (Lipinski definition) is 5. The quantitative estimate of drug-likeness (QED) is 0.0991. The maximum absolute atomic E-state index is 13.6. The minimum absolute atomic E-state index is 0.0597. The fourth-order valence-electron chi connectivity index (χ4n) is 3.48. The number of halogens is 6. The minimum Gasteiger partial charge on any atom is -0.267 e. The second-order valence-corrected chi connectivity index (χ2v) is 9.69. The molecule has 0 atom stereocenters. The SMILES string of the molecule is O=C(c1ccc([N+](=O)[O-])cc1)N(Cc1ccc(Cl)cc1Cl)N1C(=O)c2c(Cl)c(Cl)c(Cl)c(Cl)c2C1=O. The van der Waals surface area contributed by atoms with Gasteiger partial charge in [0, 0.05) is 27.7 Å². The number of non-ortho nitro benzene ring substituents is 1. The maximum atomic E-state index is 13.6. The first-order valence-corrected chi connectivity index (χ1v) is 12.0. The van der Waals surface area contributed by atoms with E-state index in [-0.39, 0.29) is 54.0 Å². The second-order valence-electron chi connectivity index (χ2n) is 7.33. The number of carbonyl (C=O) groups excluding carboxylic acids is 3. The van der Waals surface area contributed by atoms with Crippen LogP contribution in [0.15, 0.2) is 42.5 Å². The number of hydrogen-bond donors (Lipinski definition) is 0. The fraction of sp³-hybridized carbons (Fsp3) is 0.0455. The summed E-state index contributed by atoms with van der Waals surface area (Å²) in [6.07, 6.45) is 0. The molecule has 0 bridgehead atoms. The van der Waals surface area contributed by atoms with E-state index in [1.165, 1.54) is 30.3 Å². The Hall–Kier alpha value is -2.59. The van der Waals surface area contributed by atoms with Crippen molar-refractivity contribution < 1.29 is 19.3 Å². The first-order valence-electron chi connectivity index (χ1n) is 9.69. The van der Waals surface area contributed by atoms with E-state index in [4.69, 9.17) is 69.6 Å². The smallest absolute Gasteiger partial charge is 0.267 e. The predicted molar refractivity (Wildman–Crippen MR) is 136 cm³/mol. The van der Waals surface area contributed by atoms with Crippen LogP contribution in [0.4, 0.5) is 5.69 Å². The van der Waals surface area contributed by atoms with E-state index < -0.39 is 22.6 Å². The molecule has 0 saturated carbocycles. The fourth-order valence-corrected chi connectivity index (χ4v) is 4.96. The monoisotopic (exact) mass is 605 g/mol. The Morgan fingerprint density at radius 2 is 1.36 bits per heavy atom.